The third-order valence-corrected chi connectivity index (χ3v) is 7.74. The lowest BCUT2D eigenvalue weighted by molar-refractivity contribution is 0.313. The first kappa shape index (κ1) is 23.1. The number of nitrogens with one attached hydrogen (secondary N) is 1. The summed E-state index contributed by atoms with van der Waals surface area (Å²) in [6.07, 6.45) is 2.86. The minimum absolute atomic E-state index is 0.138. The second kappa shape index (κ2) is 9.16. The van der Waals surface area contributed by atoms with Crippen LogP contribution in [0.25, 0.3) is 11.0 Å². The third-order valence-electron chi connectivity index (χ3n) is 6.06. The number of aromatic nitrogens is 3. The molecule has 0 amide bonds. The predicted molar refractivity (Wildman–Crippen MR) is 132 cm³/mol. The van der Waals surface area contributed by atoms with Crippen LogP contribution < -0.4 is 15.0 Å². The molecule has 3 heterocycles. The highest BCUT2D eigenvalue weighted by Gasteiger charge is 2.25. The van der Waals surface area contributed by atoms with Gasteiger partial charge in [0, 0.05) is 61.4 Å². The molecule has 0 bridgehead atoms. The molecule has 0 aliphatic carbocycles. The van der Waals surface area contributed by atoms with E-state index in [9.17, 15) is 12.8 Å². The van der Waals surface area contributed by atoms with Gasteiger partial charge >= 0.3 is 0 Å². The number of benzene rings is 2. The molecule has 1 N–H and O–H groups in total. The van der Waals surface area contributed by atoms with Crippen molar-refractivity contribution in [3.05, 3.63) is 66.7 Å². The molecule has 4 aromatic rings. The van der Waals surface area contributed by atoms with Gasteiger partial charge in [-0.3, -0.25) is 0 Å². The van der Waals surface area contributed by atoms with Gasteiger partial charge in [0.05, 0.1) is 7.11 Å². The Labute approximate surface area is 202 Å². The standard InChI is InChI=1S/C24H25FN6O3S/c1-29-11-13-30(14-12-29)19-5-3-18(4-6-19)27-24-26-16-17-9-10-31(23(17)28-24)35(32,33)22-15-20(34-2)7-8-21(22)25/h3-10,15-16H,11-14H2,1-2H3,(H,26,27,28). The zero-order chi connectivity index (χ0) is 24.6. The van der Waals surface area contributed by atoms with Crippen molar-refractivity contribution < 1.29 is 17.5 Å². The van der Waals surface area contributed by atoms with E-state index in [1.54, 1.807) is 6.07 Å². The van der Waals surface area contributed by atoms with Crippen LogP contribution in [0.1, 0.15) is 0 Å². The van der Waals surface area contributed by atoms with E-state index in [4.69, 9.17) is 4.74 Å². The van der Waals surface area contributed by atoms with Crippen LogP contribution in [0.15, 0.2) is 65.8 Å². The molecule has 1 aliphatic rings. The fourth-order valence-electron chi connectivity index (χ4n) is 4.01. The average Bonchev–Trinajstić information content (AvgIpc) is 3.29. The van der Waals surface area contributed by atoms with Crippen molar-refractivity contribution in [1.29, 1.82) is 0 Å². The van der Waals surface area contributed by atoms with Crippen LogP contribution >= 0.6 is 0 Å². The van der Waals surface area contributed by atoms with Crippen molar-refractivity contribution in [2.45, 2.75) is 4.90 Å². The topological polar surface area (TPSA) is 92.6 Å². The monoisotopic (exact) mass is 496 g/mol. The van der Waals surface area contributed by atoms with Crippen LogP contribution in [0.4, 0.5) is 21.7 Å². The maximum atomic E-state index is 14.4. The second-order valence-electron chi connectivity index (χ2n) is 8.35. The van der Waals surface area contributed by atoms with E-state index in [0.717, 1.165) is 53.7 Å². The molecule has 182 valence electrons. The fourth-order valence-corrected chi connectivity index (χ4v) is 5.40. The molecule has 0 spiro atoms. The summed E-state index contributed by atoms with van der Waals surface area (Å²) >= 11 is 0. The summed E-state index contributed by atoms with van der Waals surface area (Å²) in [6.45, 7) is 4.00. The molecule has 5 rings (SSSR count). The van der Waals surface area contributed by atoms with Crippen molar-refractivity contribution in [2.75, 3.05) is 50.6 Å². The van der Waals surface area contributed by atoms with E-state index in [-0.39, 0.29) is 17.3 Å². The number of anilines is 3. The summed E-state index contributed by atoms with van der Waals surface area (Å²) in [5.74, 6) is -0.412. The molecule has 1 saturated heterocycles. The lowest BCUT2D eigenvalue weighted by atomic mass is 10.2. The fraction of sp³-hybridized carbons (Fsp3) is 0.250. The number of piperazine rings is 1. The normalized spacial score (nSPS) is 14.9. The molecular formula is C24H25FN6O3S. The number of rotatable bonds is 6. The van der Waals surface area contributed by atoms with E-state index in [1.807, 2.05) is 24.3 Å². The lowest BCUT2D eigenvalue weighted by Gasteiger charge is -2.34. The average molecular weight is 497 g/mol. The number of hydrogen-bond donors (Lipinski definition) is 1. The zero-order valence-corrected chi connectivity index (χ0v) is 20.2. The van der Waals surface area contributed by atoms with Crippen LogP contribution in [0.2, 0.25) is 0 Å². The van der Waals surface area contributed by atoms with Crippen molar-refractivity contribution >= 4 is 38.4 Å². The molecule has 0 atom stereocenters. The summed E-state index contributed by atoms with van der Waals surface area (Å²) in [5, 5.41) is 3.63. The van der Waals surface area contributed by atoms with Crippen molar-refractivity contribution in [3.8, 4) is 5.75 Å². The van der Waals surface area contributed by atoms with Gasteiger partial charge in [-0.1, -0.05) is 0 Å². The van der Waals surface area contributed by atoms with E-state index in [0.29, 0.717) is 5.39 Å². The van der Waals surface area contributed by atoms with Crippen molar-refractivity contribution in [3.63, 3.8) is 0 Å². The number of methoxy groups -OCH3 is 1. The summed E-state index contributed by atoms with van der Waals surface area (Å²) in [4.78, 5) is 12.8. The number of nitrogens with zero attached hydrogens (tertiary/aromatic N) is 5. The quantitative estimate of drug-likeness (QED) is 0.435. The first-order chi connectivity index (χ1) is 16.8. The Balaban J connectivity index is 1.42. The van der Waals surface area contributed by atoms with Crippen molar-refractivity contribution in [1.82, 2.24) is 18.8 Å². The molecule has 1 aliphatic heterocycles. The van der Waals surface area contributed by atoms with Gasteiger partial charge in [-0.2, -0.15) is 4.98 Å². The minimum Gasteiger partial charge on any atom is -0.497 e. The summed E-state index contributed by atoms with van der Waals surface area (Å²) in [5.41, 5.74) is 2.04. The van der Waals surface area contributed by atoms with E-state index in [2.05, 4.69) is 32.1 Å². The van der Waals surface area contributed by atoms with Crippen LogP contribution in [-0.2, 0) is 10.0 Å². The molecule has 11 heteroatoms. The molecular weight excluding hydrogens is 471 g/mol. The van der Waals surface area contributed by atoms with Gasteiger partial charge in [-0.05, 0) is 49.5 Å². The number of halogens is 1. The zero-order valence-electron chi connectivity index (χ0n) is 19.3. The van der Waals surface area contributed by atoms with E-state index in [1.165, 1.54) is 25.6 Å². The Morgan fingerprint density at radius 1 is 1.03 bits per heavy atom. The Morgan fingerprint density at radius 2 is 1.77 bits per heavy atom. The largest absolute Gasteiger partial charge is 0.497 e. The van der Waals surface area contributed by atoms with Crippen molar-refractivity contribution in [2.24, 2.45) is 0 Å². The highest BCUT2D eigenvalue weighted by atomic mass is 32.2. The molecule has 2 aromatic carbocycles. The Bertz CT molecular complexity index is 1460. The smallest absolute Gasteiger partial charge is 0.272 e. The second-order valence-corrected chi connectivity index (χ2v) is 10.1. The summed E-state index contributed by atoms with van der Waals surface area (Å²) in [6, 6.07) is 13.1. The molecule has 2 aromatic heterocycles. The van der Waals surface area contributed by atoms with Gasteiger partial charge in [0.2, 0.25) is 5.95 Å². The van der Waals surface area contributed by atoms with Gasteiger partial charge in [-0.25, -0.2) is 21.8 Å². The minimum atomic E-state index is -4.26. The van der Waals surface area contributed by atoms with Gasteiger partial charge in [0.15, 0.2) is 5.65 Å². The first-order valence-electron chi connectivity index (χ1n) is 11.1. The van der Waals surface area contributed by atoms with Gasteiger partial charge in [0.25, 0.3) is 10.0 Å². The molecule has 35 heavy (non-hydrogen) atoms. The van der Waals surface area contributed by atoms with Gasteiger partial charge < -0.3 is 19.9 Å². The summed E-state index contributed by atoms with van der Waals surface area (Å²) in [7, 11) is -0.755. The van der Waals surface area contributed by atoms with Crippen LogP contribution in [0, 0.1) is 5.82 Å². The number of ether oxygens (including phenoxy) is 1. The Kier molecular flexibility index (Phi) is 6.03. The predicted octanol–water partition coefficient (Wildman–Crippen LogP) is 3.31. The molecule has 0 radical (unpaired) electrons. The summed E-state index contributed by atoms with van der Waals surface area (Å²) < 4.78 is 47.0. The van der Waals surface area contributed by atoms with Gasteiger partial charge in [-0.15, -0.1) is 0 Å². The molecule has 0 saturated carbocycles. The van der Waals surface area contributed by atoms with E-state index < -0.39 is 20.7 Å². The van der Waals surface area contributed by atoms with Crippen LogP contribution in [-0.4, -0.2) is 67.6 Å². The molecule has 1 fully saturated rings. The molecule has 0 unspecified atom stereocenters. The van der Waals surface area contributed by atoms with Gasteiger partial charge in [0.1, 0.15) is 16.5 Å². The Morgan fingerprint density at radius 3 is 2.49 bits per heavy atom. The van der Waals surface area contributed by atoms with Crippen LogP contribution in [0.5, 0.6) is 5.75 Å². The molecule has 9 nitrogen and oxygen atoms in total. The number of hydrogen-bond acceptors (Lipinski definition) is 8. The Hall–Kier alpha value is -3.70. The highest BCUT2D eigenvalue weighted by Crippen LogP contribution is 2.27. The van der Waals surface area contributed by atoms with Crippen LogP contribution in [0.3, 0.4) is 0 Å². The third kappa shape index (κ3) is 4.52. The highest BCUT2D eigenvalue weighted by molar-refractivity contribution is 7.90. The number of likely N-dealkylation sites (N-methyl/N-ethyl adjacent to an activating group) is 1. The van der Waals surface area contributed by atoms with E-state index >= 15 is 0 Å². The number of fused-ring (bicyclic) bond motifs is 1. The maximum Gasteiger partial charge on any atom is 0.272 e. The maximum absolute atomic E-state index is 14.4. The first-order valence-corrected chi connectivity index (χ1v) is 12.5. The lowest BCUT2D eigenvalue weighted by Crippen LogP contribution is -2.44. The SMILES string of the molecule is COc1ccc(F)c(S(=O)(=O)n2ccc3cnc(Nc4ccc(N5CCN(C)CC5)cc4)nc32)c1.